The van der Waals surface area contributed by atoms with Crippen molar-refractivity contribution in [3.8, 4) is 5.69 Å². The molecule has 2 heteroatoms. The second-order valence-electron chi connectivity index (χ2n) is 2.35. The van der Waals surface area contributed by atoms with Gasteiger partial charge in [0.15, 0.2) is 0 Å². The van der Waals surface area contributed by atoms with Crippen LogP contribution in [0, 0.1) is 0 Å². The summed E-state index contributed by atoms with van der Waals surface area (Å²) in [4.78, 5) is 2.99. The maximum atomic E-state index is 2.99. The second-order valence-corrected chi connectivity index (χ2v) is 2.35. The van der Waals surface area contributed by atoms with Gasteiger partial charge in [-0.05, 0) is 12.1 Å². The quantitative estimate of drug-likeness (QED) is 0.583. The molecule has 0 aliphatic carbocycles. The van der Waals surface area contributed by atoms with Crippen LogP contribution in [0.5, 0.6) is 0 Å². The molecule has 1 aromatic carbocycles. The molecule has 0 spiro atoms. The van der Waals surface area contributed by atoms with Gasteiger partial charge in [0.25, 0.3) is 0 Å². The standard InChI is InChI=1S/C9H8N2/c1-2-4-9(5-3-1)11-7-6-10-8-11/h1-8H/p+1. The van der Waals surface area contributed by atoms with Crippen LogP contribution in [0.25, 0.3) is 5.69 Å². The lowest BCUT2D eigenvalue weighted by atomic mass is 10.3. The Hall–Kier alpha value is -1.57. The molecule has 2 rings (SSSR count). The lowest BCUT2D eigenvalue weighted by Gasteiger charge is -1.91. The van der Waals surface area contributed by atoms with E-state index < -0.39 is 0 Å². The molecule has 1 N–H and O–H groups in total. The van der Waals surface area contributed by atoms with Crippen LogP contribution >= 0.6 is 0 Å². The summed E-state index contributed by atoms with van der Waals surface area (Å²) in [5, 5.41) is 0. The molecule has 2 nitrogen and oxygen atoms in total. The number of benzene rings is 1. The molecule has 0 fully saturated rings. The van der Waals surface area contributed by atoms with Crippen LogP contribution in [-0.2, 0) is 0 Å². The molecule has 0 unspecified atom stereocenters. The molecule has 0 aliphatic heterocycles. The maximum Gasteiger partial charge on any atom is 0.246 e. The maximum absolute atomic E-state index is 2.99. The third-order valence-corrected chi connectivity index (χ3v) is 1.60. The smallest absolute Gasteiger partial charge is 0.246 e. The van der Waals surface area contributed by atoms with Gasteiger partial charge in [-0.15, -0.1) is 0 Å². The number of imidazole rings is 1. The SMILES string of the molecule is c1ccc(-[n+]2cc[nH]c2)cc1. The zero-order chi connectivity index (χ0) is 7.52. The first-order valence-electron chi connectivity index (χ1n) is 3.56. The Morgan fingerprint density at radius 2 is 1.91 bits per heavy atom. The van der Waals surface area contributed by atoms with Crippen LogP contribution in [0.3, 0.4) is 0 Å². The molecule has 2 aromatic rings. The zero-order valence-corrected chi connectivity index (χ0v) is 6.07. The van der Waals surface area contributed by atoms with E-state index >= 15 is 0 Å². The number of hydrogen-bond donors (Lipinski definition) is 1. The molecule has 0 aliphatic rings. The first kappa shape index (κ1) is 6.16. The van der Waals surface area contributed by atoms with E-state index in [1.165, 1.54) is 5.69 Å². The monoisotopic (exact) mass is 145 g/mol. The lowest BCUT2D eigenvalue weighted by Crippen LogP contribution is -2.26. The molecule has 0 amide bonds. The van der Waals surface area contributed by atoms with Gasteiger partial charge >= 0.3 is 0 Å². The Bertz CT molecular complexity index is 311. The first-order valence-corrected chi connectivity index (χ1v) is 3.56. The van der Waals surface area contributed by atoms with Gasteiger partial charge in [-0.3, -0.25) is 0 Å². The Morgan fingerprint density at radius 3 is 2.55 bits per heavy atom. The van der Waals surface area contributed by atoms with Gasteiger partial charge in [-0.1, -0.05) is 18.2 Å². The van der Waals surface area contributed by atoms with Crippen molar-refractivity contribution in [1.29, 1.82) is 0 Å². The number of rotatable bonds is 1. The predicted octanol–water partition coefficient (Wildman–Crippen LogP) is 1.29. The van der Waals surface area contributed by atoms with Crippen molar-refractivity contribution in [2.75, 3.05) is 0 Å². The highest BCUT2D eigenvalue weighted by atomic mass is 15.0. The summed E-state index contributed by atoms with van der Waals surface area (Å²) in [7, 11) is 0. The van der Waals surface area contributed by atoms with E-state index in [0.717, 1.165) is 0 Å². The molecule has 11 heavy (non-hydrogen) atoms. The Kier molecular flexibility index (Phi) is 1.44. The normalized spacial score (nSPS) is 9.82. The number of aromatic amines is 1. The van der Waals surface area contributed by atoms with Crippen molar-refractivity contribution >= 4 is 0 Å². The molecule has 54 valence electrons. The number of nitrogens with zero attached hydrogens (tertiary/aromatic N) is 1. The van der Waals surface area contributed by atoms with Crippen molar-refractivity contribution in [1.82, 2.24) is 4.98 Å². The van der Waals surface area contributed by atoms with Gasteiger partial charge in [0.05, 0.1) is 0 Å². The molecule has 1 aromatic heterocycles. The van der Waals surface area contributed by atoms with Crippen molar-refractivity contribution < 1.29 is 4.57 Å². The third-order valence-electron chi connectivity index (χ3n) is 1.60. The number of aromatic nitrogens is 2. The fourth-order valence-electron chi connectivity index (χ4n) is 1.05. The van der Waals surface area contributed by atoms with Crippen molar-refractivity contribution in [2.24, 2.45) is 0 Å². The zero-order valence-electron chi connectivity index (χ0n) is 6.07. The predicted molar refractivity (Wildman–Crippen MR) is 42.3 cm³/mol. The van der Waals surface area contributed by atoms with Gasteiger partial charge in [-0.25, -0.2) is 9.55 Å². The minimum absolute atomic E-state index is 1.17. The average Bonchev–Trinajstić information content (AvgIpc) is 2.58. The topological polar surface area (TPSA) is 19.7 Å². The summed E-state index contributed by atoms with van der Waals surface area (Å²) in [6, 6.07) is 10.2. The third kappa shape index (κ3) is 1.15. The average molecular weight is 145 g/mol. The van der Waals surface area contributed by atoms with Crippen LogP contribution in [0.15, 0.2) is 49.1 Å². The molecular formula is C9H9N2+. The van der Waals surface area contributed by atoms with Gasteiger partial charge < -0.3 is 0 Å². The molecule has 0 bridgehead atoms. The number of nitrogens with one attached hydrogen (secondary N) is 1. The molecule has 0 atom stereocenters. The molecule has 0 saturated carbocycles. The number of H-pyrrole nitrogens is 1. The summed E-state index contributed by atoms with van der Waals surface area (Å²) >= 11 is 0. The molecule has 0 radical (unpaired) electrons. The van der Waals surface area contributed by atoms with Gasteiger partial charge in [-0.2, -0.15) is 0 Å². The van der Waals surface area contributed by atoms with Gasteiger partial charge in [0.1, 0.15) is 18.1 Å². The van der Waals surface area contributed by atoms with E-state index in [1.54, 1.807) is 0 Å². The van der Waals surface area contributed by atoms with E-state index in [2.05, 4.69) is 17.1 Å². The van der Waals surface area contributed by atoms with Crippen LogP contribution < -0.4 is 4.57 Å². The van der Waals surface area contributed by atoms with Crippen LogP contribution in [-0.4, -0.2) is 4.98 Å². The highest BCUT2D eigenvalue weighted by Gasteiger charge is 1.97. The fraction of sp³-hybridized carbons (Fsp3) is 0. The molecule has 1 heterocycles. The minimum atomic E-state index is 1.17. The van der Waals surface area contributed by atoms with Gasteiger partial charge in [0, 0.05) is 0 Å². The fourth-order valence-corrected chi connectivity index (χ4v) is 1.05. The van der Waals surface area contributed by atoms with E-state index in [9.17, 15) is 0 Å². The Labute approximate surface area is 65.1 Å². The summed E-state index contributed by atoms with van der Waals surface area (Å²) in [5.41, 5.74) is 1.17. The molecular weight excluding hydrogens is 136 g/mol. The van der Waals surface area contributed by atoms with Crippen LogP contribution in [0.2, 0.25) is 0 Å². The van der Waals surface area contributed by atoms with E-state index in [-0.39, 0.29) is 0 Å². The number of hydrogen-bond acceptors (Lipinski definition) is 0. The number of para-hydroxylation sites is 1. The van der Waals surface area contributed by atoms with E-state index in [1.807, 2.05) is 41.5 Å². The molecule has 0 saturated heterocycles. The van der Waals surface area contributed by atoms with Crippen LogP contribution in [0.4, 0.5) is 0 Å². The summed E-state index contributed by atoms with van der Waals surface area (Å²) in [6.45, 7) is 0. The van der Waals surface area contributed by atoms with Crippen molar-refractivity contribution in [3.63, 3.8) is 0 Å². The highest BCUT2D eigenvalue weighted by molar-refractivity contribution is 5.20. The lowest BCUT2D eigenvalue weighted by molar-refractivity contribution is -0.594. The highest BCUT2D eigenvalue weighted by Crippen LogP contribution is 1.95. The largest absolute Gasteiger partial charge is 0.250 e. The van der Waals surface area contributed by atoms with Crippen molar-refractivity contribution in [3.05, 3.63) is 49.1 Å². The first-order chi connectivity index (χ1) is 5.47. The summed E-state index contributed by atoms with van der Waals surface area (Å²) in [6.07, 6.45) is 5.79. The van der Waals surface area contributed by atoms with Crippen LogP contribution in [0.1, 0.15) is 0 Å². The summed E-state index contributed by atoms with van der Waals surface area (Å²) < 4.78 is 2.03. The van der Waals surface area contributed by atoms with Crippen molar-refractivity contribution in [2.45, 2.75) is 0 Å². The van der Waals surface area contributed by atoms with Gasteiger partial charge in [0.2, 0.25) is 6.33 Å². The Morgan fingerprint density at radius 1 is 1.09 bits per heavy atom. The Balaban J connectivity index is 2.46. The van der Waals surface area contributed by atoms with E-state index in [0.29, 0.717) is 0 Å². The van der Waals surface area contributed by atoms with E-state index in [4.69, 9.17) is 0 Å². The summed E-state index contributed by atoms with van der Waals surface area (Å²) in [5.74, 6) is 0. The minimum Gasteiger partial charge on any atom is -0.250 e. The second kappa shape index (κ2) is 2.58.